The Balaban J connectivity index is 1.78. The maximum atomic E-state index is 13.3. The topological polar surface area (TPSA) is 142 Å². The third kappa shape index (κ3) is 5.12. The summed E-state index contributed by atoms with van der Waals surface area (Å²) in [5.74, 6) is -0.824. The molecule has 11 heteroatoms. The zero-order valence-corrected chi connectivity index (χ0v) is 19.0. The highest BCUT2D eigenvalue weighted by molar-refractivity contribution is 6.30. The van der Waals surface area contributed by atoms with E-state index in [4.69, 9.17) is 16.3 Å². The number of H-pyrrole nitrogens is 1. The number of aromatic nitrogens is 1. The molecular formula is C24H18ClN5O5. The van der Waals surface area contributed by atoms with Crippen molar-refractivity contribution in [2.75, 3.05) is 12.4 Å². The summed E-state index contributed by atoms with van der Waals surface area (Å²) in [6, 6.07) is 19.3. The fourth-order valence-corrected chi connectivity index (χ4v) is 3.44. The summed E-state index contributed by atoms with van der Waals surface area (Å²) in [6.07, 6.45) is 0. The predicted octanol–water partition coefficient (Wildman–Crippen LogP) is 6.63. The second-order valence-corrected chi connectivity index (χ2v) is 7.65. The van der Waals surface area contributed by atoms with E-state index in [1.165, 1.54) is 25.3 Å². The molecular weight excluding hydrogens is 474 g/mol. The summed E-state index contributed by atoms with van der Waals surface area (Å²) in [7, 11) is 1.34. The number of rotatable bonds is 7. The molecule has 35 heavy (non-hydrogen) atoms. The highest BCUT2D eigenvalue weighted by atomic mass is 35.5. The maximum absolute atomic E-state index is 13.3. The number of azo groups is 1. The van der Waals surface area contributed by atoms with Crippen molar-refractivity contribution in [2.45, 2.75) is 0 Å². The highest BCUT2D eigenvalue weighted by Gasteiger charge is 2.25. The molecule has 0 aliphatic carbocycles. The van der Waals surface area contributed by atoms with Crippen molar-refractivity contribution in [3.8, 4) is 22.9 Å². The number of carbonyl (C=O) groups is 1. The second kappa shape index (κ2) is 10.1. The Bertz CT molecular complexity index is 1420. The van der Waals surface area contributed by atoms with Crippen LogP contribution in [0.1, 0.15) is 10.4 Å². The Labute approximate surface area is 204 Å². The fourth-order valence-electron chi connectivity index (χ4n) is 3.31. The number of nitro benzene ring substituents is 1. The summed E-state index contributed by atoms with van der Waals surface area (Å²) in [5.41, 5.74) is 1.38. The number of hydrogen-bond acceptors (Lipinski definition) is 7. The molecule has 0 fully saturated rings. The van der Waals surface area contributed by atoms with Crippen molar-refractivity contribution in [3.05, 3.63) is 93.5 Å². The van der Waals surface area contributed by atoms with Crippen LogP contribution in [0, 0.1) is 10.1 Å². The van der Waals surface area contributed by atoms with Crippen molar-refractivity contribution >= 4 is 40.3 Å². The van der Waals surface area contributed by atoms with Gasteiger partial charge in [-0.25, -0.2) is 0 Å². The molecule has 10 nitrogen and oxygen atoms in total. The van der Waals surface area contributed by atoms with Crippen LogP contribution in [0.5, 0.6) is 11.6 Å². The van der Waals surface area contributed by atoms with E-state index < -0.39 is 10.8 Å². The number of nitrogens with zero attached hydrogens (tertiary/aromatic N) is 3. The molecule has 0 radical (unpaired) electrons. The molecule has 0 spiro atoms. The van der Waals surface area contributed by atoms with Crippen LogP contribution in [-0.4, -0.2) is 28.0 Å². The van der Waals surface area contributed by atoms with E-state index in [2.05, 4.69) is 20.5 Å². The van der Waals surface area contributed by atoms with Crippen LogP contribution in [0.15, 0.2) is 83.0 Å². The van der Waals surface area contributed by atoms with Crippen molar-refractivity contribution in [2.24, 2.45) is 10.2 Å². The number of aromatic hydroxyl groups is 1. The standard InChI is InChI=1S/C24H18ClN5O5/c1-35-19-13-17(30(33)34)11-12-18(19)28-29-22-20(23(31)26-16-9-7-15(25)8-10-16)21(27-24(22)32)14-5-3-2-4-6-14/h2-13,27,32H,1H3,(H,26,31). The zero-order chi connectivity index (χ0) is 24.9. The molecule has 0 atom stereocenters. The van der Waals surface area contributed by atoms with Crippen LogP contribution in [0.25, 0.3) is 11.3 Å². The molecule has 1 heterocycles. The molecule has 0 aliphatic heterocycles. The van der Waals surface area contributed by atoms with Crippen LogP contribution in [0.2, 0.25) is 5.02 Å². The molecule has 176 valence electrons. The molecule has 4 rings (SSSR count). The average molecular weight is 492 g/mol. The fraction of sp³-hybridized carbons (Fsp3) is 0.0417. The van der Waals surface area contributed by atoms with E-state index in [0.29, 0.717) is 22.0 Å². The van der Waals surface area contributed by atoms with Gasteiger partial charge in [-0.2, -0.15) is 0 Å². The average Bonchev–Trinajstić information content (AvgIpc) is 3.20. The van der Waals surface area contributed by atoms with E-state index in [1.807, 2.05) is 6.07 Å². The van der Waals surface area contributed by atoms with E-state index in [9.17, 15) is 20.0 Å². The van der Waals surface area contributed by atoms with Gasteiger partial charge in [0.05, 0.1) is 29.4 Å². The molecule has 1 aromatic heterocycles. The molecule has 0 aliphatic rings. The van der Waals surface area contributed by atoms with Crippen molar-refractivity contribution in [3.63, 3.8) is 0 Å². The summed E-state index contributed by atoms with van der Waals surface area (Å²) < 4.78 is 5.18. The number of nitro groups is 1. The number of carbonyl (C=O) groups excluding carboxylic acids is 1. The first-order chi connectivity index (χ1) is 16.9. The molecule has 4 aromatic rings. The van der Waals surface area contributed by atoms with Crippen molar-refractivity contribution in [1.82, 2.24) is 4.98 Å². The van der Waals surface area contributed by atoms with Gasteiger partial charge in [-0.15, -0.1) is 10.2 Å². The number of aromatic amines is 1. The van der Waals surface area contributed by atoms with Gasteiger partial charge in [-0.1, -0.05) is 41.9 Å². The van der Waals surface area contributed by atoms with Gasteiger partial charge < -0.3 is 20.1 Å². The van der Waals surface area contributed by atoms with E-state index in [0.717, 1.165) is 0 Å². The first-order valence-electron chi connectivity index (χ1n) is 10.2. The van der Waals surface area contributed by atoms with Crippen LogP contribution < -0.4 is 10.1 Å². The number of hydrogen-bond donors (Lipinski definition) is 3. The Morgan fingerprint density at radius 1 is 1.09 bits per heavy atom. The number of ether oxygens (including phenoxy) is 1. The summed E-state index contributed by atoms with van der Waals surface area (Å²) in [4.78, 5) is 26.6. The highest BCUT2D eigenvalue weighted by Crippen LogP contribution is 2.41. The van der Waals surface area contributed by atoms with E-state index in [1.54, 1.807) is 48.5 Å². The van der Waals surface area contributed by atoms with Gasteiger partial charge in [0, 0.05) is 16.8 Å². The molecule has 1 amide bonds. The lowest BCUT2D eigenvalue weighted by Gasteiger charge is -2.08. The van der Waals surface area contributed by atoms with E-state index in [-0.39, 0.29) is 34.3 Å². The van der Waals surface area contributed by atoms with Crippen LogP contribution in [-0.2, 0) is 0 Å². The number of methoxy groups -OCH3 is 1. The Morgan fingerprint density at radius 2 is 1.80 bits per heavy atom. The number of nitrogens with one attached hydrogen (secondary N) is 2. The second-order valence-electron chi connectivity index (χ2n) is 7.21. The Morgan fingerprint density at radius 3 is 2.46 bits per heavy atom. The minimum atomic E-state index is -0.563. The first kappa shape index (κ1) is 23.5. The number of benzene rings is 3. The van der Waals surface area contributed by atoms with E-state index >= 15 is 0 Å². The van der Waals surface area contributed by atoms with Gasteiger partial charge >= 0.3 is 0 Å². The van der Waals surface area contributed by atoms with Gasteiger partial charge in [-0.3, -0.25) is 14.9 Å². The van der Waals surface area contributed by atoms with Crippen LogP contribution in [0.3, 0.4) is 0 Å². The summed E-state index contributed by atoms with van der Waals surface area (Å²) >= 11 is 5.92. The molecule has 0 saturated heterocycles. The zero-order valence-electron chi connectivity index (χ0n) is 18.2. The van der Waals surface area contributed by atoms with Gasteiger partial charge in [0.1, 0.15) is 5.69 Å². The third-order valence-electron chi connectivity index (χ3n) is 4.98. The summed E-state index contributed by atoms with van der Waals surface area (Å²) in [5, 5.41) is 33.1. The molecule has 3 aromatic carbocycles. The number of halogens is 1. The lowest BCUT2D eigenvalue weighted by atomic mass is 10.1. The van der Waals surface area contributed by atoms with Gasteiger partial charge in [-0.05, 0) is 35.9 Å². The van der Waals surface area contributed by atoms with Crippen molar-refractivity contribution < 1.29 is 19.6 Å². The number of anilines is 1. The number of non-ortho nitro benzene ring substituents is 1. The molecule has 0 unspecified atom stereocenters. The van der Waals surface area contributed by atoms with Crippen LogP contribution in [0.4, 0.5) is 22.7 Å². The normalized spacial score (nSPS) is 10.9. The lowest BCUT2D eigenvalue weighted by Crippen LogP contribution is -2.12. The largest absolute Gasteiger partial charge is 0.494 e. The summed E-state index contributed by atoms with van der Waals surface area (Å²) in [6.45, 7) is 0. The monoisotopic (exact) mass is 491 g/mol. The Kier molecular flexibility index (Phi) is 6.74. The molecule has 0 bridgehead atoms. The van der Waals surface area contributed by atoms with Crippen LogP contribution >= 0.6 is 11.6 Å². The van der Waals surface area contributed by atoms with Gasteiger partial charge in [0.15, 0.2) is 11.4 Å². The third-order valence-corrected chi connectivity index (χ3v) is 5.23. The van der Waals surface area contributed by atoms with Gasteiger partial charge in [0.25, 0.3) is 11.6 Å². The predicted molar refractivity (Wildman–Crippen MR) is 131 cm³/mol. The molecule has 0 saturated carbocycles. The minimum absolute atomic E-state index is 0.0493. The lowest BCUT2D eigenvalue weighted by molar-refractivity contribution is -0.384. The minimum Gasteiger partial charge on any atom is -0.494 e. The van der Waals surface area contributed by atoms with Crippen molar-refractivity contribution in [1.29, 1.82) is 0 Å². The maximum Gasteiger partial charge on any atom is 0.273 e. The quantitative estimate of drug-likeness (QED) is 0.151. The van der Waals surface area contributed by atoms with Gasteiger partial charge in [0.2, 0.25) is 5.88 Å². The SMILES string of the molecule is COc1cc([N+](=O)[O-])ccc1N=Nc1c(O)[nH]c(-c2ccccc2)c1C(=O)Nc1ccc(Cl)cc1. The molecule has 3 N–H and O–H groups in total. The smallest absolute Gasteiger partial charge is 0.273 e. The number of amides is 1. The first-order valence-corrected chi connectivity index (χ1v) is 10.6. The Hall–Kier alpha value is -4.70.